The van der Waals surface area contributed by atoms with Gasteiger partial charge in [-0.1, -0.05) is 17.7 Å². The molecule has 2 aromatic carbocycles. The fourth-order valence-electron chi connectivity index (χ4n) is 2.41. The molecule has 0 saturated carbocycles. The average molecular weight is 354 g/mol. The molecule has 0 spiro atoms. The Bertz CT molecular complexity index is 927. The van der Waals surface area contributed by atoms with Gasteiger partial charge >= 0.3 is 0 Å². The Labute approximate surface area is 150 Å². The molecule has 3 aromatic rings. The lowest BCUT2D eigenvalue weighted by Gasteiger charge is -2.09. The Morgan fingerprint density at radius 1 is 1.20 bits per heavy atom. The van der Waals surface area contributed by atoms with Crippen molar-refractivity contribution in [3.05, 3.63) is 58.9 Å². The van der Waals surface area contributed by atoms with E-state index in [-0.39, 0.29) is 12.5 Å². The van der Waals surface area contributed by atoms with Gasteiger partial charge in [-0.25, -0.2) is 0 Å². The Hall–Kier alpha value is -2.93. The summed E-state index contributed by atoms with van der Waals surface area (Å²) in [5.74, 6) is 1.18. The standard InChI is InChI=1S/C18H18N4O2S/c1-12-3-7-14(8-4-12)19-16(23)11-22-17(20-21-18(22)25)13-5-9-15(24-2)10-6-13/h3-10H,11H2,1-2H3,(H,19,23)(H,21,25). The van der Waals surface area contributed by atoms with E-state index < -0.39 is 0 Å². The van der Waals surface area contributed by atoms with Gasteiger partial charge in [0.15, 0.2) is 10.6 Å². The number of aromatic amines is 1. The number of aromatic nitrogens is 3. The van der Waals surface area contributed by atoms with Crippen molar-refractivity contribution in [1.82, 2.24) is 14.8 Å². The summed E-state index contributed by atoms with van der Waals surface area (Å²) >= 11 is 5.26. The van der Waals surface area contributed by atoms with Crippen LogP contribution in [0.2, 0.25) is 0 Å². The van der Waals surface area contributed by atoms with Crippen LogP contribution in [0.1, 0.15) is 5.56 Å². The SMILES string of the molecule is COc1ccc(-c2n[nH]c(=S)n2CC(=O)Nc2ccc(C)cc2)cc1. The van der Waals surface area contributed by atoms with Crippen molar-refractivity contribution < 1.29 is 9.53 Å². The summed E-state index contributed by atoms with van der Waals surface area (Å²) in [5, 5.41) is 9.85. The van der Waals surface area contributed by atoms with E-state index in [1.165, 1.54) is 0 Å². The predicted octanol–water partition coefficient (Wildman–Crippen LogP) is 3.56. The van der Waals surface area contributed by atoms with Crippen LogP contribution in [0.4, 0.5) is 5.69 Å². The summed E-state index contributed by atoms with van der Waals surface area (Å²) in [4.78, 5) is 12.4. The van der Waals surface area contributed by atoms with Crippen molar-refractivity contribution in [1.29, 1.82) is 0 Å². The van der Waals surface area contributed by atoms with Gasteiger partial charge in [0.2, 0.25) is 5.91 Å². The number of nitrogens with zero attached hydrogens (tertiary/aromatic N) is 2. The number of hydrogen-bond donors (Lipinski definition) is 2. The molecular weight excluding hydrogens is 336 g/mol. The molecule has 0 unspecified atom stereocenters. The van der Waals surface area contributed by atoms with Gasteiger partial charge in [-0.2, -0.15) is 5.10 Å². The lowest BCUT2D eigenvalue weighted by atomic mass is 10.2. The third kappa shape index (κ3) is 3.95. The number of anilines is 1. The first-order valence-electron chi connectivity index (χ1n) is 7.73. The van der Waals surface area contributed by atoms with E-state index in [0.29, 0.717) is 10.6 Å². The second-order valence-corrected chi connectivity index (χ2v) is 5.97. The molecule has 1 aromatic heterocycles. The highest BCUT2D eigenvalue weighted by Gasteiger charge is 2.12. The van der Waals surface area contributed by atoms with Crippen molar-refractivity contribution in [2.24, 2.45) is 0 Å². The van der Waals surface area contributed by atoms with Crippen LogP contribution in [0.25, 0.3) is 11.4 Å². The minimum absolute atomic E-state index is 0.0740. The molecule has 0 radical (unpaired) electrons. The third-order valence-electron chi connectivity index (χ3n) is 3.74. The zero-order chi connectivity index (χ0) is 17.8. The number of nitrogens with one attached hydrogen (secondary N) is 2. The molecular formula is C18H18N4O2S. The quantitative estimate of drug-likeness (QED) is 0.687. The van der Waals surface area contributed by atoms with E-state index in [0.717, 1.165) is 22.6 Å². The van der Waals surface area contributed by atoms with Crippen molar-refractivity contribution in [2.75, 3.05) is 12.4 Å². The van der Waals surface area contributed by atoms with Crippen molar-refractivity contribution in [3.8, 4) is 17.1 Å². The number of aryl methyl sites for hydroxylation is 1. The van der Waals surface area contributed by atoms with Crippen molar-refractivity contribution >= 4 is 23.8 Å². The number of carbonyl (C=O) groups excluding carboxylic acids is 1. The molecule has 3 rings (SSSR count). The lowest BCUT2D eigenvalue weighted by Crippen LogP contribution is -2.19. The topological polar surface area (TPSA) is 71.9 Å². The summed E-state index contributed by atoms with van der Waals surface area (Å²) < 4.78 is 7.22. The van der Waals surface area contributed by atoms with Gasteiger partial charge in [-0.15, -0.1) is 0 Å². The third-order valence-corrected chi connectivity index (χ3v) is 4.06. The summed E-state index contributed by atoms with van der Waals surface area (Å²) in [6, 6.07) is 15.0. The van der Waals surface area contributed by atoms with Crippen LogP contribution in [0.15, 0.2) is 48.5 Å². The second-order valence-electron chi connectivity index (χ2n) is 5.58. The van der Waals surface area contributed by atoms with Gasteiger partial charge in [-0.3, -0.25) is 14.5 Å². The molecule has 25 heavy (non-hydrogen) atoms. The summed E-state index contributed by atoms with van der Waals surface area (Å²) in [6.07, 6.45) is 0. The lowest BCUT2D eigenvalue weighted by molar-refractivity contribution is -0.116. The number of benzene rings is 2. The van der Waals surface area contributed by atoms with Crippen LogP contribution in [0, 0.1) is 11.7 Å². The van der Waals surface area contributed by atoms with Gasteiger partial charge in [0.05, 0.1) is 7.11 Å². The molecule has 6 nitrogen and oxygen atoms in total. The normalized spacial score (nSPS) is 10.5. The molecule has 0 atom stereocenters. The molecule has 0 aliphatic heterocycles. The Morgan fingerprint density at radius 3 is 2.52 bits per heavy atom. The van der Waals surface area contributed by atoms with E-state index in [2.05, 4.69) is 15.5 Å². The van der Waals surface area contributed by atoms with Gasteiger partial charge < -0.3 is 10.1 Å². The zero-order valence-corrected chi connectivity index (χ0v) is 14.8. The number of H-pyrrole nitrogens is 1. The number of methoxy groups -OCH3 is 1. The summed E-state index contributed by atoms with van der Waals surface area (Å²) in [5.41, 5.74) is 2.73. The number of amides is 1. The Morgan fingerprint density at radius 2 is 1.88 bits per heavy atom. The van der Waals surface area contributed by atoms with Gasteiger partial charge in [-0.05, 0) is 55.5 Å². The fraction of sp³-hybridized carbons (Fsp3) is 0.167. The van der Waals surface area contributed by atoms with Crippen LogP contribution in [0.3, 0.4) is 0 Å². The molecule has 0 fully saturated rings. The monoisotopic (exact) mass is 354 g/mol. The smallest absolute Gasteiger partial charge is 0.244 e. The van der Waals surface area contributed by atoms with Crippen LogP contribution in [-0.4, -0.2) is 27.8 Å². The molecule has 0 bridgehead atoms. The van der Waals surface area contributed by atoms with Crippen LogP contribution in [0.5, 0.6) is 5.75 Å². The van der Waals surface area contributed by atoms with E-state index in [4.69, 9.17) is 17.0 Å². The van der Waals surface area contributed by atoms with Gasteiger partial charge in [0.1, 0.15) is 12.3 Å². The molecule has 128 valence electrons. The molecule has 2 N–H and O–H groups in total. The highest BCUT2D eigenvalue weighted by Crippen LogP contribution is 2.21. The maximum absolute atomic E-state index is 12.4. The predicted molar refractivity (Wildman–Crippen MR) is 99.2 cm³/mol. The van der Waals surface area contributed by atoms with E-state index >= 15 is 0 Å². The van der Waals surface area contributed by atoms with Gasteiger partial charge in [0, 0.05) is 11.3 Å². The number of ether oxygens (including phenoxy) is 1. The van der Waals surface area contributed by atoms with E-state index in [1.807, 2.05) is 55.5 Å². The van der Waals surface area contributed by atoms with E-state index in [1.54, 1.807) is 11.7 Å². The molecule has 1 amide bonds. The highest BCUT2D eigenvalue weighted by atomic mass is 32.1. The first-order chi connectivity index (χ1) is 12.1. The first-order valence-corrected chi connectivity index (χ1v) is 8.14. The van der Waals surface area contributed by atoms with E-state index in [9.17, 15) is 4.79 Å². The Balaban J connectivity index is 1.80. The number of rotatable bonds is 5. The molecule has 7 heteroatoms. The number of carbonyl (C=O) groups is 1. The zero-order valence-electron chi connectivity index (χ0n) is 13.9. The summed E-state index contributed by atoms with van der Waals surface area (Å²) in [7, 11) is 1.61. The van der Waals surface area contributed by atoms with Crippen molar-refractivity contribution in [2.45, 2.75) is 13.5 Å². The fourth-order valence-corrected chi connectivity index (χ4v) is 2.60. The van der Waals surface area contributed by atoms with Crippen LogP contribution in [-0.2, 0) is 11.3 Å². The summed E-state index contributed by atoms with van der Waals surface area (Å²) in [6.45, 7) is 2.07. The first kappa shape index (κ1) is 16.9. The van der Waals surface area contributed by atoms with Crippen molar-refractivity contribution in [3.63, 3.8) is 0 Å². The minimum Gasteiger partial charge on any atom is -0.497 e. The number of hydrogen-bond acceptors (Lipinski definition) is 4. The van der Waals surface area contributed by atoms with Crippen LogP contribution < -0.4 is 10.1 Å². The maximum atomic E-state index is 12.4. The van der Waals surface area contributed by atoms with Gasteiger partial charge in [0.25, 0.3) is 0 Å². The molecule has 1 heterocycles. The highest BCUT2D eigenvalue weighted by molar-refractivity contribution is 7.71. The molecule has 0 saturated heterocycles. The molecule has 0 aliphatic rings. The largest absolute Gasteiger partial charge is 0.497 e. The van der Waals surface area contributed by atoms with Crippen LogP contribution >= 0.6 is 12.2 Å². The Kier molecular flexibility index (Phi) is 4.95. The second kappa shape index (κ2) is 7.31. The average Bonchev–Trinajstić information content (AvgIpc) is 2.98. The molecule has 0 aliphatic carbocycles. The minimum atomic E-state index is -0.170. The maximum Gasteiger partial charge on any atom is 0.244 e.